The molecule has 0 spiro atoms. The number of hydrogen-bond donors (Lipinski definition) is 1. The zero-order chi connectivity index (χ0) is 14.3. The van der Waals surface area contributed by atoms with E-state index in [9.17, 15) is 4.79 Å². The third-order valence-corrected chi connectivity index (χ3v) is 4.41. The van der Waals surface area contributed by atoms with Crippen molar-refractivity contribution in [3.05, 3.63) is 23.8 Å². The lowest BCUT2D eigenvalue weighted by Gasteiger charge is -2.36. The standard InChI is InChI=1S/C16H24N2O2/c1-16(2,3)20-15(19)18-9-13-12-7-5-4-6-11(12)8-17-14(13)10-18/h4-6,12-14,17H,7-10H2,1-3H3. The molecule has 3 atom stereocenters. The van der Waals surface area contributed by atoms with Crippen molar-refractivity contribution in [2.75, 3.05) is 19.6 Å². The smallest absolute Gasteiger partial charge is 0.410 e. The number of rotatable bonds is 0. The molecular weight excluding hydrogens is 252 g/mol. The van der Waals surface area contributed by atoms with Gasteiger partial charge in [-0.1, -0.05) is 23.8 Å². The molecule has 20 heavy (non-hydrogen) atoms. The van der Waals surface area contributed by atoms with Crippen LogP contribution in [0.5, 0.6) is 0 Å². The van der Waals surface area contributed by atoms with Crippen molar-refractivity contribution in [2.24, 2.45) is 11.8 Å². The number of carbonyl (C=O) groups excluding carboxylic acids is 1. The first-order chi connectivity index (χ1) is 9.44. The summed E-state index contributed by atoms with van der Waals surface area (Å²) in [5, 5.41) is 3.58. The van der Waals surface area contributed by atoms with E-state index in [1.807, 2.05) is 25.7 Å². The van der Waals surface area contributed by atoms with E-state index < -0.39 is 5.60 Å². The first-order valence-electron chi connectivity index (χ1n) is 7.51. The number of piperidine rings is 1. The summed E-state index contributed by atoms with van der Waals surface area (Å²) >= 11 is 0. The topological polar surface area (TPSA) is 41.6 Å². The van der Waals surface area contributed by atoms with Gasteiger partial charge < -0.3 is 15.0 Å². The molecule has 0 aromatic heterocycles. The fraction of sp³-hybridized carbons (Fsp3) is 0.688. The van der Waals surface area contributed by atoms with Crippen LogP contribution >= 0.6 is 0 Å². The summed E-state index contributed by atoms with van der Waals surface area (Å²) in [7, 11) is 0. The van der Waals surface area contributed by atoms with Gasteiger partial charge in [-0.3, -0.25) is 0 Å². The Morgan fingerprint density at radius 1 is 1.40 bits per heavy atom. The zero-order valence-corrected chi connectivity index (χ0v) is 12.6. The van der Waals surface area contributed by atoms with Gasteiger partial charge in [0.2, 0.25) is 0 Å². The molecule has 0 saturated carbocycles. The van der Waals surface area contributed by atoms with Crippen LogP contribution in [0.4, 0.5) is 4.79 Å². The third kappa shape index (κ3) is 2.62. The van der Waals surface area contributed by atoms with Crippen molar-refractivity contribution < 1.29 is 9.53 Å². The van der Waals surface area contributed by atoms with Gasteiger partial charge in [0.05, 0.1) is 0 Å². The molecule has 4 nitrogen and oxygen atoms in total. The summed E-state index contributed by atoms with van der Waals surface area (Å²) in [6.45, 7) is 8.28. The van der Waals surface area contributed by atoms with Crippen molar-refractivity contribution in [1.82, 2.24) is 10.2 Å². The number of likely N-dealkylation sites (tertiary alicyclic amines) is 1. The second-order valence-corrected chi connectivity index (χ2v) is 7.05. The number of hydrogen-bond acceptors (Lipinski definition) is 3. The summed E-state index contributed by atoms with van der Waals surface area (Å²) in [5.41, 5.74) is 1.07. The van der Waals surface area contributed by atoms with Gasteiger partial charge in [-0.2, -0.15) is 0 Å². The molecule has 1 N–H and O–H groups in total. The molecule has 0 bridgehead atoms. The molecule has 1 amide bonds. The molecule has 0 aromatic carbocycles. The molecule has 2 saturated heterocycles. The Hall–Kier alpha value is -1.29. The second-order valence-electron chi connectivity index (χ2n) is 7.05. The highest BCUT2D eigenvalue weighted by atomic mass is 16.6. The predicted molar refractivity (Wildman–Crippen MR) is 78.4 cm³/mol. The average molecular weight is 276 g/mol. The number of nitrogens with zero attached hydrogens (tertiary/aromatic N) is 1. The van der Waals surface area contributed by atoms with Gasteiger partial charge >= 0.3 is 6.09 Å². The van der Waals surface area contributed by atoms with Crippen LogP contribution in [0, 0.1) is 11.8 Å². The number of ether oxygens (including phenoxy) is 1. The number of amides is 1. The van der Waals surface area contributed by atoms with E-state index in [1.54, 1.807) is 0 Å². The molecule has 0 aromatic rings. The summed E-state index contributed by atoms with van der Waals surface area (Å²) < 4.78 is 5.49. The summed E-state index contributed by atoms with van der Waals surface area (Å²) in [6, 6.07) is 0.413. The lowest BCUT2D eigenvalue weighted by atomic mass is 9.76. The lowest BCUT2D eigenvalue weighted by Crippen LogP contribution is -2.47. The van der Waals surface area contributed by atoms with Crippen molar-refractivity contribution in [2.45, 2.75) is 38.8 Å². The summed E-state index contributed by atoms with van der Waals surface area (Å²) in [5.74, 6) is 1.12. The maximum Gasteiger partial charge on any atom is 0.410 e. The van der Waals surface area contributed by atoms with Crippen LogP contribution in [0.1, 0.15) is 27.2 Å². The van der Waals surface area contributed by atoms with E-state index in [4.69, 9.17) is 4.74 Å². The molecule has 0 radical (unpaired) electrons. The van der Waals surface area contributed by atoms with Gasteiger partial charge in [0.15, 0.2) is 0 Å². The molecule has 1 aliphatic carbocycles. The van der Waals surface area contributed by atoms with E-state index in [-0.39, 0.29) is 6.09 Å². The van der Waals surface area contributed by atoms with E-state index in [0.29, 0.717) is 17.9 Å². The Bertz CT molecular complexity index is 462. The third-order valence-electron chi connectivity index (χ3n) is 4.41. The highest BCUT2D eigenvalue weighted by Gasteiger charge is 2.44. The molecule has 3 unspecified atom stereocenters. The predicted octanol–water partition coefficient (Wildman–Crippen LogP) is 2.33. The van der Waals surface area contributed by atoms with Gasteiger partial charge in [0.25, 0.3) is 0 Å². The van der Waals surface area contributed by atoms with E-state index in [0.717, 1.165) is 26.1 Å². The molecule has 2 heterocycles. The Morgan fingerprint density at radius 2 is 2.20 bits per heavy atom. The molecule has 3 aliphatic rings. The van der Waals surface area contributed by atoms with Crippen molar-refractivity contribution in [3.63, 3.8) is 0 Å². The van der Waals surface area contributed by atoms with Gasteiger partial charge in [0.1, 0.15) is 5.60 Å². The number of fused-ring (bicyclic) bond motifs is 3. The summed E-state index contributed by atoms with van der Waals surface area (Å²) in [6.07, 6.45) is 7.55. The van der Waals surface area contributed by atoms with Crippen LogP contribution in [0.25, 0.3) is 0 Å². The molecule has 2 aliphatic heterocycles. The summed E-state index contributed by atoms with van der Waals surface area (Å²) in [4.78, 5) is 14.1. The highest BCUT2D eigenvalue weighted by molar-refractivity contribution is 5.68. The molecule has 2 fully saturated rings. The number of nitrogens with one attached hydrogen (secondary N) is 1. The maximum atomic E-state index is 12.2. The normalized spacial score (nSPS) is 32.5. The molecule has 110 valence electrons. The monoisotopic (exact) mass is 276 g/mol. The minimum atomic E-state index is -0.420. The lowest BCUT2D eigenvalue weighted by molar-refractivity contribution is 0.0284. The van der Waals surface area contributed by atoms with Gasteiger partial charge in [-0.05, 0) is 33.1 Å². The molecular formula is C16H24N2O2. The highest BCUT2D eigenvalue weighted by Crippen LogP contribution is 2.37. The zero-order valence-electron chi connectivity index (χ0n) is 12.6. The Balaban J connectivity index is 1.68. The number of carbonyl (C=O) groups is 1. The fourth-order valence-electron chi connectivity index (χ4n) is 3.51. The minimum absolute atomic E-state index is 0.175. The second kappa shape index (κ2) is 4.92. The van der Waals surface area contributed by atoms with Crippen molar-refractivity contribution >= 4 is 6.09 Å². The first-order valence-corrected chi connectivity index (χ1v) is 7.51. The Labute approximate surface area is 120 Å². The van der Waals surface area contributed by atoms with Crippen LogP contribution in [0.15, 0.2) is 23.8 Å². The van der Waals surface area contributed by atoms with E-state index in [1.165, 1.54) is 5.57 Å². The maximum absolute atomic E-state index is 12.2. The van der Waals surface area contributed by atoms with Crippen molar-refractivity contribution in [3.8, 4) is 0 Å². The largest absolute Gasteiger partial charge is 0.444 e. The average Bonchev–Trinajstić information content (AvgIpc) is 2.81. The van der Waals surface area contributed by atoms with E-state index >= 15 is 0 Å². The van der Waals surface area contributed by atoms with Crippen molar-refractivity contribution in [1.29, 1.82) is 0 Å². The van der Waals surface area contributed by atoms with Crippen LogP contribution < -0.4 is 5.32 Å². The minimum Gasteiger partial charge on any atom is -0.444 e. The number of allylic oxidation sites excluding steroid dienone is 3. The molecule has 3 rings (SSSR count). The van der Waals surface area contributed by atoms with Gasteiger partial charge in [-0.25, -0.2) is 4.79 Å². The first kappa shape index (κ1) is 13.7. The quantitative estimate of drug-likeness (QED) is 0.738. The van der Waals surface area contributed by atoms with E-state index in [2.05, 4.69) is 23.5 Å². The SMILES string of the molecule is CC(C)(C)OC(=O)N1CC2NCC3=CC=CCC3C2C1. The Kier molecular flexibility index (Phi) is 3.36. The fourth-order valence-corrected chi connectivity index (χ4v) is 3.51. The Morgan fingerprint density at radius 3 is 2.95 bits per heavy atom. The van der Waals surface area contributed by atoms with Crippen LogP contribution in [0.3, 0.4) is 0 Å². The van der Waals surface area contributed by atoms with Crippen LogP contribution in [-0.4, -0.2) is 42.3 Å². The van der Waals surface area contributed by atoms with Gasteiger partial charge in [-0.15, -0.1) is 0 Å². The van der Waals surface area contributed by atoms with Crippen LogP contribution in [0.2, 0.25) is 0 Å². The molecule has 4 heteroatoms. The van der Waals surface area contributed by atoms with Gasteiger partial charge in [0, 0.05) is 31.6 Å². The van der Waals surface area contributed by atoms with Crippen LogP contribution in [-0.2, 0) is 4.74 Å².